The Bertz CT molecular complexity index is 331. The number of halogens is 3. The Kier molecular flexibility index (Phi) is 2.25. The standard InChI is InChI=1S/C11H11F3/c1-6-2-7(3-6)8-4-9(12)11(14)10(13)5-8/h4-7H,2-3H2,1H3. The molecule has 1 aliphatic carbocycles. The van der Waals surface area contributed by atoms with E-state index in [-0.39, 0.29) is 5.92 Å². The zero-order chi connectivity index (χ0) is 10.3. The Balaban J connectivity index is 2.27. The molecule has 1 aromatic rings. The van der Waals surface area contributed by atoms with Crippen molar-refractivity contribution in [2.75, 3.05) is 0 Å². The minimum atomic E-state index is -1.37. The molecule has 2 rings (SSSR count). The molecule has 1 saturated carbocycles. The summed E-state index contributed by atoms with van der Waals surface area (Å²) < 4.78 is 38.3. The van der Waals surface area contributed by atoms with Crippen LogP contribution in [0.2, 0.25) is 0 Å². The first-order chi connectivity index (χ1) is 6.58. The molecule has 0 bridgehead atoms. The van der Waals surface area contributed by atoms with E-state index in [1.807, 2.05) is 0 Å². The maximum atomic E-state index is 12.8. The van der Waals surface area contributed by atoms with Gasteiger partial charge in [0, 0.05) is 0 Å². The van der Waals surface area contributed by atoms with E-state index in [1.165, 1.54) is 0 Å². The number of hydrogen-bond acceptors (Lipinski definition) is 0. The second kappa shape index (κ2) is 3.30. The minimum Gasteiger partial charge on any atom is -0.204 e. The van der Waals surface area contributed by atoms with Gasteiger partial charge in [0.15, 0.2) is 17.5 Å². The molecule has 0 radical (unpaired) electrons. The van der Waals surface area contributed by atoms with Crippen LogP contribution in [0.3, 0.4) is 0 Å². The van der Waals surface area contributed by atoms with Crippen LogP contribution in [0.1, 0.15) is 31.2 Å². The zero-order valence-electron chi connectivity index (χ0n) is 7.86. The van der Waals surface area contributed by atoms with Gasteiger partial charge < -0.3 is 0 Å². The van der Waals surface area contributed by atoms with E-state index in [0.717, 1.165) is 25.0 Å². The van der Waals surface area contributed by atoms with Crippen molar-refractivity contribution in [2.45, 2.75) is 25.7 Å². The minimum absolute atomic E-state index is 0.203. The lowest BCUT2D eigenvalue weighted by Gasteiger charge is -2.33. The highest BCUT2D eigenvalue weighted by atomic mass is 19.2. The Morgan fingerprint density at radius 1 is 1.07 bits per heavy atom. The predicted molar refractivity (Wildman–Crippen MR) is 47.5 cm³/mol. The van der Waals surface area contributed by atoms with Crippen molar-refractivity contribution in [3.05, 3.63) is 35.1 Å². The van der Waals surface area contributed by atoms with Gasteiger partial charge in [-0.3, -0.25) is 0 Å². The maximum absolute atomic E-state index is 12.8. The summed E-state index contributed by atoms with van der Waals surface area (Å²) in [7, 11) is 0. The molecule has 0 aliphatic heterocycles. The fourth-order valence-electron chi connectivity index (χ4n) is 1.99. The molecular weight excluding hydrogens is 189 g/mol. The molecule has 0 unspecified atom stereocenters. The summed E-state index contributed by atoms with van der Waals surface area (Å²) in [6.07, 6.45) is 1.87. The third-order valence-electron chi connectivity index (χ3n) is 2.85. The van der Waals surface area contributed by atoms with Gasteiger partial charge in [0.2, 0.25) is 0 Å². The van der Waals surface area contributed by atoms with Crippen molar-refractivity contribution in [3.8, 4) is 0 Å². The van der Waals surface area contributed by atoms with E-state index >= 15 is 0 Å². The van der Waals surface area contributed by atoms with Gasteiger partial charge in [-0.15, -0.1) is 0 Å². The van der Waals surface area contributed by atoms with Crippen LogP contribution in [-0.2, 0) is 0 Å². The fourth-order valence-corrected chi connectivity index (χ4v) is 1.99. The molecule has 1 aliphatic rings. The largest absolute Gasteiger partial charge is 0.204 e. The SMILES string of the molecule is CC1CC(c2cc(F)c(F)c(F)c2)C1. The van der Waals surface area contributed by atoms with E-state index in [9.17, 15) is 13.2 Å². The average molecular weight is 200 g/mol. The van der Waals surface area contributed by atoms with E-state index in [0.29, 0.717) is 11.5 Å². The first-order valence-electron chi connectivity index (χ1n) is 4.72. The van der Waals surface area contributed by atoms with Crippen LogP contribution in [0.5, 0.6) is 0 Å². The molecule has 0 aromatic heterocycles. The first kappa shape index (κ1) is 9.56. The Morgan fingerprint density at radius 3 is 2.00 bits per heavy atom. The Labute approximate surface area is 80.7 Å². The second-order valence-corrected chi connectivity index (χ2v) is 4.07. The summed E-state index contributed by atoms with van der Waals surface area (Å²) >= 11 is 0. The van der Waals surface area contributed by atoms with E-state index < -0.39 is 17.5 Å². The molecule has 1 aromatic carbocycles. The van der Waals surface area contributed by atoms with Crippen LogP contribution in [0, 0.1) is 23.4 Å². The van der Waals surface area contributed by atoms with Crippen LogP contribution in [-0.4, -0.2) is 0 Å². The monoisotopic (exact) mass is 200 g/mol. The van der Waals surface area contributed by atoms with Crippen molar-refractivity contribution in [1.29, 1.82) is 0 Å². The van der Waals surface area contributed by atoms with E-state index in [1.54, 1.807) is 0 Å². The summed E-state index contributed by atoms with van der Waals surface area (Å²) in [6, 6.07) is 2.21. The highest BCUT2D eigenvalue weighted by molar-refractivity contribution is 5.25. The van der Waals surface area contributed by atoms with Crippen molar-refractivity contribution in [3.63, 3.8) is 0 Å². The summed E-state index contributed by atoms with van der Waals surface area (Å²) in [5.74, 6) is -2.73. The molecular formula is C11H11F3. The summed E-state index contributed by atoms with van der Waals surface area (Å²) in [5.41, 5.74) is 0.583. The molecule has 0 spiro atoms. The van der Waals surface area contributed by atoms with Crippen LogP contribution < -0.4 is 0 Å². The summed E-state index contributed by atoms with van der Waals surface area (Å²) in [6.45, 7) is 2.09. The average Bonchev–Trinajstić information content (AvgIpc) is 2.08. The molecule has 14 heavy (non-hydrogen) atoms. The Morgan fingerprint density at radius 2 is 1.57 bits per heavy atom. The van der Waals surface area contributed by atoms with E-state index in [2.05, 4.69) is 6.92 Å². The van der Waals surface area contributed by atoms with Crippen LogP contribution in [0.25, 0.3) is 0 Å². The van der Waals surface area contributed by atoms with Gasteiger partial charge in [0.05, 0.1) is 0 Å². The van der Waals surface area contributed by atoms with Gasteiger partial charge in [0.1, 0.15) is 0 Å². The molecule has 0 saturated heterocycles. The van der Waals surface area contributed by atoms with Gasteiger partial charge in [-0.25, -0.2) is 13.2 Å². The molecule has 0 nitrogen and oxygen atoms in total. The molecule has 0 atom stereocenters. The quantitative estimate of drug-likeness (QED) is 0.607. The molecule has 0 N–H and O–H groups in total. The van der Waals surface area contributed by atoms with Crippen molar-refractivity contribution in [2.24, 2.45) is 5.92 Å². The molecule has 0 amide bonds. The van der Waals surface area contributed by atoms with Crippen LogP contribution in [0.15, 0.2) is 12.1 Å². The van der Waals surface area contributed by atoms with Crippen LogP contribution in [0.4, 0.5) is 13.2 Å². The Hall–Kier alpha value is -0.990. The van der Waals surface area contributed by atoms with Gasteiger partial charge in [-0.05, 0) is 42.4 Å². The van der Waals surface area contributed by atoms with E-state index in [4.69, 9.17) is 0 Å². The third kappa shape index (κ3) is 1.51. The number of benzene rings is 1. The molecule has 76 valence electrons. The number of rotatable bonds is 1. The molecule has 0 heterocycles. The zero-order valence-corrected chi connectivity index (χ0v) is 7.86. The van der Waals surface area contributed by atoms with Gasteiger partial charge in [0.25, 0.3) is 0 Å². The lowest BCUT2D eigenvalue weighted by atomic mass is 9.72. The van der Waals surface area contributed by atoms with Crippen molar-refractivity contribution in [1.82, 2.24) is 0 Å². The van der Waals surface area contributed by atoms with Crippen LogP contribution >= 0.6 is 0 Å². The van der Waals surface area contributed by atoms with Gasteiger partial charge in [-0.2, -0.15) is 0 Å². The third-order valence-corrected chi connectivity index (χ3v) is 2.85. The summed E-state index contributed by atoms with van der Waals surface area (Å²) in [4.78, 5) is 0. The highest BCUT2D eigenvalue weighted by Gasteiger charge is 2.28. The lowest BCUT2D eigenvalue weighted by Crippen LogP contribution is -2.19. The number of hydrogen-bond donors (Lipinski definition) is 0. The maximum Gasteiger partial charge on any atom is 0.194 e. The highest BCUT2D eigenvalue weighted by Crippen LogP contribution is 2.41. The first-order valence-corrected chi connectivity index (χ1v) is 4.72. The second-order valence-electron chi connectivity index (χ2n) is 4.07. The topological polar surface area (TPSA) is 0 Å². The fraction of sp³-hybridized carbons (Fsp3) is 0.455. The predicted octanol–water partition coefficient (Wildman–Crippen LogP) is 3.62. The lowest BCUT2D eigenvalue weighted by molar-refractivity contribution is 0.286. The van der Waals surface area contributed by atoms with Crippen molar-refractivity contribution >= 4 is 0 Å². The molecule has 3 heteroatoms. The normalized spacial score (nSPS) is 26.0. The molecule has 1 fully saturated rings. The van der Waals surface area contributed by atoms with Crippen molar-refractivity contribution < 1.29 is 13.2 Å². The van der Waals surface area contributed by atoms with Gasteiger partial charge in [-0.1, -0.05) is 6.92 Å². The smallest absolute Gasteiger partial charge is 0.194 e. The van der Waals surface area contributed by atoms with Gasteiger partial charge >= 0.3 is 0 Å². The summed E-state index contributed by atoms with van der Waals surface area (Å²) in [5, 5.41) is 0.